The first kappa shape index (κ1) is 15.7. The van der Waals surface area contributed by atoms with E-state index in [9.17, 15) is 14.4 Å². The van der Waals surface area contributed by atoms with Crippen molar-refractivity contribution in [2.75, 3.05) is 0 Å². The van der Waals surface area contributed by atoms with Crippen molar-refractivity contribution in [3.63, 3.8) is 0 Å². The van der Waals surface area contributed by atoms with E-state index >= 15 is 0 Å². The van der Waals surface area contributed by atoms with Crippen LogP contribution in [0.4, 0.5) is 0 Å². The van der Waals surface area contributed by atoms with E-state index in [0.29, 0.717) is 10.6 Å². The number of carbonyl (C=O) groups is 3. The fourth-order valence-corrected chi connectivity index (χ4v) is 4.26. The van der Waals surface area contributed by atoms with E-state index in [1.54, 1.807) is 12.1 Å². The quantitative estimate of drug-likeness (QED) is 0.471. The smallest absolute Gasteiger partial charge is 0.325 e. The fraction of sp³-hybridized carbons (Fsp3) is 0.118. The largest absolute Gasteiger partial charge is 0.363 e. The van der Waals surface area contributed by atoms with Crippen LogP contribution in [0.3, 0.4) is 0 Å². The highest BCUT2D eigenvalue weighted by Crippen LogP contribution is 2.14. The van der Waals surface area contributed by atoms with E-state index in [0.717, 1.165) is 0 Å². The summed E-state index contributed by atoms with van der Waals surface area (Å²) in [6, 6.07) is 17.2. The van der Waals surface area contributed by atoms with Gasteiger partial charge in [-0.15, -0.1) is 5.06 Å². The van der Waals surface area contributed by atoms with Crippen molar-refractivity contribution in [1.29, 1.82) is 0 Å². The summed E-state index contributed by atoms with van der Waals surface area (Å²) in [5.41, 5.74) is 0.318. The van der Waals surface area contributed by atoms with Gasteiger partial charge in [-0.2, -0.15) is 0 Å². The molecular formula is C17H13INO4+. The second-order valence-corrected chi connectivity index (χ2v) is 7.89. The molecule has 0 bridgehead atoms. The van der Waals surface area contributed by atoms with Crippen LogP contribution in [0.2, 0.25) is 0 Å². The highest BCUT2D eigenvalue weighted by Gasteiger charge is 2.33. The van der Waals surface area contributed by atoms with Gasteiger partial charge in [-0.1, -0.05) is 18.2 Å². The molecule has 1 heterocycles. The molecule has 2 aromatic carbocycles. The Bertz CT molecular complexity index is 727. The Kier molecular flexibility index (Phi) is 4.71. The minimum absolute atomic E-state index is 0.0898. The van der Waals surface area contributed by atoms with E-state index in [1.807, 2.05) is 30.3 Å². The Morgan fingerprint density at radius 3 is 2.04 bits per heavy atom. The van der Waals surface area contributed by atoms with Crippen LogP contribution >= 0.6 is 0 Å². The second-order valence-electron chi connectivity index (χ2n) is 4.86. The summed E-state index contributed by atoms with van der Waals surface area (Å²) in [6.07, 6.45) is 0.180. The van der Waals surface area contributed by atoms with Gasteiger partial charge >= 0.3 is 27.2 Å². The van der Waals surface area contributed by atoms with Crippen LogP contribution in [-0.2, 0) is 14.4 Å². The molecule has 3 rings (SSSR count). The first-order chi connectivity index (χ1) is 11.1. The van der Waals surface area contributed by atoms with Crippen LogP contribution in [0.1, 0.15) is 23.2 Å². The third-order valence-corrected chi connectivity index (χ3v) is 5.90. The fourth-order valence-electron chi connectivity index (χ4n) is 2.05. The van der Waals surface area contributed by atoms with E-state index in [4.69, 9.17) is 4.84 Å². The standard InChI is InChI=1S/C17H13INO4/c20-15-10-11-16(21)19(15)23-17(22)12-6-8-14(9-7-12)18-13-4-2-1-3-5-13/h1-9H,10-11H2/q+1. The Hall–Kier alpha value is -2.22. The lowest BCUT2D eigenvalue weighted by atomic mass is 10.2. The zero-order valence-corrected chi connectivity index (χ0v) is 14.2. The molecule has 1 aliphatic rings. The molecule has 0 aliphatic carbocycles. The van der Waals surface area contributed by atoms with E-state index in [-0.39, 0.29) is 34.0 Å². The van der Waals surface area contributed by atoms with Crippen molar-refractivity contribution in [3.8, 4) is 0 Å². The molecule has 0 spiro atoms. The van der Waals surface area contributed by atoms with E-state index < -0.39 is 17.8 Å². The number of hydrogen-bond acceptors (Lipinski definition) is 4. The third kappa shape index (κ3) is 3.76. The molecule has 116 valence electrons. The van der Waals surface area contributed by atoms with Crippen molar-refractivity contribution in [2.45, 2.75) is 12.8 Å². The number of carbonyl (C=O) groups excluding carboxylic acids is 3. The van der Waals surface area contributed by atoms with Crippen molar-refractivity contribution in [2.24, 2.45) is 0 Å². The molecule has 1 aliphatic heterocycles. The predicted molar refractivity (Wildman–Crippen MR) is 76.8 cm³/mol. The number of halogens is 1. The Labute approximate surface area is 143 Å². The Balaban J connectivity index is 1.66. The monoisotopic (exact) mass is 422 g/mol. The SMILES string of the molecule is O=C(ON1C(=O)CCC1=O)c1ccc([I+]c2ccccc2)cc1. The predicted octanol–water partition coefficient (Wildman–Crippen LogP) is -0.964. The Morgan fingerprint density at radius 1 is 0.870 bits per heavy atom. The molecule has 6 heteroatoms. The molecule has 23 heavy (non-hydrogen) atoms. The molecule has 0 radical (unpaired) electrons. The van der Waals surface area contributed by atoms with Gasteiger partial charge in [0.05, 0.1) is 5.56 Å². The molecule has 1 saturated heterocycles. The molecule has 0 unspecified atom stereocenters. The highest BCUT2D eigenvalue weighted by atomic mass is 127. The number of imide groups is 1. The summed E-state index contributed by atoms with van der Waals surface area (Å²) in [7, 11) is 0. The van der Waals surface area contributed by atoms with Gasteiger partial charge in [0.15, 0.2) is 7.14 Å². The summed E-state index contributed by atoms with van der Waals surface area (Å²) in [5, 5.41) is 0.563. The number of amides is 2. The molecule has 0 saturated carbocycles. The lowest BCUT2D eigenvalue weighted by Gasteiger charge is -2.12. The maximum atomic E-state index is 12.0. The number of benzene rings is 2. The lowest BCUT2D eigenvalue weighted by molar-refractivity contribution is -0.597. The van der Waals surface area contributed by atoms with Gasteiger partial charge in [0.1, 0.15) is 0 Å². The van der Waals surface area contributed by atoms with E-state index in [2.05, 4.69) is 12.1 Å². The van der Waals surface area contributed by atoms with Gasteiger partial charge in [0.2, 0.25) is 0 Å². The van der Waals surface area contributed by atoms with E-state index in [1.165, 1.54) is 7.14 Å². The normalized spacial score (nSPS) is 14.2. The first-order valence-corrected chi connectivity index (χ1v) is 9.17. The van der Waals surface area contributed by atoms with Crippen molar-refractivity contribution in [3.05, 3.63) is 67.3 Å². The zero-order valence-electron chi connectivity index (χ0n) is 12.1. The third-order valence-electron chi connectivity index (χ3n) is 3.21. The minimum Gasteiger partial charge on any atom is -0.325 e. The summed E-state index contributed by atoms with van der Waals surface area (Å²) < 4.78 is 2.45. The van der Waals surface area contributed by atoms with Gasteiger partial charge in [0.25, 0.3) is 11.8 Å². The first-order valence-electron chi connectivity index (χ1n) is 7.01. The van der Waals surface area contributed by atoms with Crippen molar-refractivity contribution >= 4 is 17.8 Å². The van der Waals surface area contributed by atoms with Crippen LogP contribution in [-0.4, -0.2) is 22.8 Å². The molecule has 0 N–H and O–H groups in total. The number of hydrogen-bond donors (Lipinski definition) is 0. The summed E-state index contributed by atoms with van der Waals surface area (Å²) in [6.45, 7) is 0. The summed E-state index contributed by atoms with van der Waals surface area (Å²) >= 11 is -0.303. The van der Waals surface area contributed by atoms with Crippen LogP contribution in [0, 0.1) is 7.14 Å². The average molecular weight is 422 g/mol. The molecule has 1 fully saturated rings. The summed E-state index contributed by atoms with van der Waals surface area (Å²) in [4.78, 5) is 39.8. The molecule has 2 aromatic rings. The van der Waals surface area contributed by atoms with Crippen molar-refractivity contribution < 1.29 is 40.4 Å². The maximum absolute atomic E-state index is 12.0. The topological polar surface area (TPSA) is 63.7 Å². The maximum Gasteiger partial charge on any atom is 0.363 e. The van der Waals surface area contributed by atoms with Gasteiger partial charge in [0, 0.05) is 12.8 Å². The summed E-state index contributed by atoms with van der Waals surface area (Å²) in [5.74, 6) is -1.65. The van der Waals surface area contributed by atoms with Crippen LogP contribution in [0.15, 0.2) is 54.6 Å². The number of nitrogens with zero attached hydrogens (tertiary/aromatic N) is 1. The lowest BCUT2D eigenvalue weighted by Crippen LogP contribution is -3.61. The van der Waals surface area contributed by atoms with Crippen LogP contribution in [0.5, 0.6) is 0 Å². The molecule has 2 amide bonds. The molecule has 0 aromatic heterocycles. The van der Waals surface area contributed by atoms with Gasteiger partial charge in [-0.3, -0.25) is 9.59 Å². The van der Waals surface area contributed by atoms with Gasteiger partial charge in [-0.05, 0) is 36.4 Å². The van der Waals surface area contributed by atoms with Gasteiger partial charge < -0.3 is 4.84 Å². The number of hydroxylamine groups is 2. The highest BCUT2D eigenvalue weighted by molar-refractivity contribution is 6.02. The molecule has 0 atom stereocenters. The zero-order chi connectivity index (χ0) is 16.2. The van der Waals surface area contributed by atoms with Gasteiger partial charge in [-0.25, -0.2) is 4.79 Å². The average Bonchev–Trinajstić information content (AvgIpc) is 2.88. The number of rotatable bonds is 4. The molecule has 5 nitrogen and oxygen atoms in total. The minimum atomic E-state index is -0.696. The molecular weight excluding hydrogens is 409 g/mol. The second kappa shape index (κ2) is 6.91. The Morgan fingerprint density at radius 2 is 1.43 bits per heavy atom. The van der Waals surface area contributed by atoms with Crippen LogP contribution < -0.4 is 21.2 Å². The van der Waals surface area contributed by atoms with Crippen LogP contribution in [0.25, 0.3) is 0 Å². The van der Waals surface area contributed by atoms with Crippen molar-refractivity contribution in [1.82, 2.24) is 5.06 Å².